The largest absolute Gasteiger partial charge is 0.378 e. The molecular formula is C18H27N3O. The molecule has 120 valence electrons. The zero-order chi connectivity index (χ0) is 15.4. The van der Waals surface area contributed by atoms with E-state index in [0.717, 1.165) is 32.8 Å². The fourth-order valence-electron chi connectivity index (χ4n) is 3.69. The molecule has 3 rings (SSSR count). The van der Waals surface area contributed by atoms with Gasteiger partial charge in [-0.2, -0.15) is 0 Å². The van der Waals surface area contributed by atoms with Gasteiger partial charge in [0.15, 0.2) is 5.96 Å². The van der Waals surface area contributed by atoms with E-state index in [-0.39, 0.29) is 5.41 Å². The second kappa shape index (κ2) is 6.69. The molecule has 0 aromatic heterocycles. The molecule has 1 saturated carbocycles. The number of morpholine rings is 1. The van der Waals surface area contributed by atoms with Crippen LogP contribution in [0.15, 0.2) is 29.3 Å². The molecule has 0 bridgehead atoms. The maximum absolute atomic E-state index is 6.21. The zero-order valence-corrected chi connectivity index (χ0v) is 13.6. The van der Waals surface area contributed by atoms with Gasteiger partial charge >= 0.3 is 0 Å². The monoisotopic (exact) mass is 301 g/mol. The lowest BCUT2D eigenvalue weighted by atomic mass is 9.78. The van der Waals surface area contributed by atoms with E-state index in [1.165, 1.54) is 36.8 Å². The van der Waals surface area contributed by atoms with Crippen molar-refractivity contribution < 1.29 is 4.74 Å². The Morgan fingerprint density at radius 2 is 2.00 bits per heavy atom. The van der Waals surface area contributed by atoms with Crippen molar-refractivity contribution in [2.45, 2.75) is 38.0 Å². The van der Waals surface area contributed by atoms with Crippen LogP contribution in [0, 0.1) is 6.92 Å². The molecule has 0 radical (unpaired) electrons. The summed E-state index contributed by atoms with van der Waals surface area (Å²) in [5.74, 6) is 0.683. The zero-order valence-electron chi connectivity index (χ0n) is 13.6. The van der Waals surface area contributed by atoms with E-state index < -0.39 is 0 Å². The van der Waals surface area contributed by atoms with Gasteiger partial charge in [0.05, 0.1) is 19.8 Å². The Morgan fingerprint density at radius 1 is 1.27 bits per heavy atom. The number of hydrogen-bond donors (Lipinski definition) is 1. The van der Waals surface area contributed by atoms with Gasteiger partial charge < -0.3 is 15.4 Å². The Kier molecular flexibility index (Phi) is 4.67. The Bertz CT molecular complexity index is 529. The van der Waals surface area contributed by atoms with E-state index in [4.69, 9.17) is 15.5 Å². The number of aliphatic imine (C=N–C) groups is 1. The standard InChI is InChI=1S/C18H27N3O/c1-15-5-4-6-16(13-15)18(7-2-3-8-18)14-20-17(19)21-9-11-22-12-10-21/h4-6,13H,2-3,7-12,14H2,1H3,(H2,19,20). The molecule has 22 heavy (non-hydrogen) atoms. The third-order valence-corrected chi connectivity index (χ3v) is 5.07. The minimum Gasteiger partial charge on any atom is -0.378 e. The molecule has 2 aliphatic rings. The van der Waals surface area contributed by atoms with Crippen LogP contribution in [0.4, 0.5) is 0 Å². The first-order valence-electron chi connectivity index (χ1n) is 8.39. The summed E-state index contributed by atoms with van der Waals surface area (Å²) in [6.07, 6.45) is 5.02. The number of aryl methyl sites for hydroxylation is 1. The van der Waals surface area contributed by atoms with Gasteiger partial charge in [0.1, 0.15) is 0 Å². The molecule has 2 fully saturated rings. The van der Waals surface area contributed by atoms with E-state index >= 15 is 0 Å². The smallest absolute Gasteiger partial charge is 0.191 e. The maximum atomic E-state index is 6.21. The lowest BCUT2D eigenvalue weighted by Gasteiger charge is -2.31. The third-order valence-electron chi connectivity index (χ3n) is 5.07. The lowest BCUT2D eigenvalue weighted by Crippen LogP contribution is -2.45. The molecule has 1 heterocycles. The fourth-order valence-corrected chi connectivity index (χ4v) is 3.69. The highest BCUT2D eigenvalue weighted by atomic mass is 16.5. The lowest BCUT2D eigenvalue weighted by molar-refractivity contribution is 0.0673. The summed E-state index contributed by atoms with van der Waals surface area (Å²) >= 11 is 0. The highest BCUT2D eigenvalue weighted by molar-refractivity contribution is 5.78. The molecule has 0 atom stereocenters. The molecule has 4 heteroatoms. The average molecular weight is 301 g/mol. The number of rotatable bonds is 3. The van der Waals surface area contributed by atoms with Gasteiger partial charge in [0, 0.05) is 18.5 Å². The van der Waals surface area contributed by atoms with Gasteiger partial charge in [0.25, 0.3) is 0 Å². The van der Waals surface area contributed by atoms with Crippen molar-refractivity contribution in [1.82, 2.24) is 4.90 Å². The summed E-state index contributed by atoms with van der Waals surface area (Å²) in [4.78, 5) is 6.91. The Morgan fingerprint density at radius 3 is 2.68 bits per heavy atom. The van der Waals surface area contributed by atoms with Crippen molar-refractivity contribution in [2.24, 2.45) is 10.7 Å². The molecule has 0 spiro atoms. The number of nitrogens with two attached hydrogens (primary N) is 1. The second-order valence-electron chi connectivity index (χ2n) is 6.63. The van der Waals surface area contributed by atoms with Gasteiger partial charge in [-0.3, -0.25) is 4.99 Å². The van der Waals surface area contributed by atoms with Crippen molar-refractivity contribution in [3.8, 4) is 0 Å². The van der Waals surface area contributed by atoms with Gasteiger partial charge in [-0.1, -0.05) is 42.7 Å². The van der Waals surface area contributed by atoms with Crippen LogP contribution in [0.2, 0.25) is 0 Å². The minimum atomic E-state index is 0.183. The van der Waals surface area contributed by atoms with Crippen molar-refractivity contribution in [2.75, 3.05) is 32.8 Å². The van der Waals surface area contributed by atoms with Gasteiger partial charge in [-0.15, -0.1) is 0 Å². The van der Waals surface area contributed by atoms with E-state index in [9.17, 15) is 0 Å². The topological polar surface area (TPSA) is 50.8 Å². The average Bonchev–Trinajstić information content (AvgIpc) is 3.04. The van der Waals surface area contributed by atoms with Crippen LogP contribution in [-0.2, 0) is 10.2 Å². The highest BCUT2D eigenvalue weighted by Crippen LogP contribution is 2.41. The van der Waals surface area contributed by atoms with Gasteiger partial charge in [0.2, 0.25) is 0 Å². The summed E-state index contributed by atoms with van der Waals surface area (Å²) in [7, 11) is 0. The number of guanidine groups is 1. The van der Waals surface area contributed by atoms with E-state index in [2.05, 4.69) is 36.1 Å². The van der Waals surface area contributed by atoms with E-state index in [1.54, 1.807) is 0 Å². The maximum Gasteiger partial charge on any atom is 0.191 e. The molecule has 0 amide bonds. The summed E-state index contributed by atoms with van der Waals surface area (Å²) in [5, 5.41) is 0. The fraction of sp³-hybridized carbons (Fsp3) is 0.611. The molecule has 0 unspecified atom stereocenters. The number of hydrogen-bond acceptors (Lipinski definition) is 2. The quantitative estimate of drug-likeness (QED) is 0.689. The van der Waals surface area contributed by atoms with Crippen LogP contribution < -0.4 is 5.73 Å². The molecule has 1 saturated heterocycles. The normalized spacial score (nSPS) is 22.0. The summed E-state index contributed by atoms with van der Waals surface area (Å²) in [6, 6.07) is 8.92. The van der Waals surface area contributed by atoms with Crippen molar-refractivity contribution in [3.63, 3.8) is 0 Å². The Labute approximate surface area is 133 Å². The van der Waals surface area contributed by atoms with Gasteiger partial charge in [-0.25, -0.2) is 0 Å². The van der Waals surface area contributed by atoms with Crippen LogP contribution in [-0.4, -0.2) is 43.7 Å². The van der Waals surface area contributed by atoms with Crippen molar-refractivity contribution in [1.29, 1.82) is 0 Å². The molecule has 1 aliphatic heterocycles. The van der Waals surface area contributed by atoms with Crippen LogP contribution in [0.5, 0.6) is 0 Å². The summed E-state index contributed by atoms with van der Waals surface area (Å²) < 4.78 is 5.38. The molecule has 2 N–H and O–H groups in total. The Hall–Kier alpha value is -1.55. The van der Waals surface area contributed by atoms with Crippen LogP contribution >= 0.6 is 0 Å². The summed E-state index contributed by atoms with van der Waals surface area (Å²) in [5.41, 5.74) is 9.16. The molecule has 4 nitrogen and oxygen atoms in total. The summed E-state index contributed by atoms with van der Waals surface area (Å²) in [6.45, 7) is 6.18. The van der Waals surface area contributed by atoms with E-state index in [1.807, 2.05) is 0 Å². The van der Waals surface area contributed by atoms with Crippen LogP contribution in [0.3, 0.4) is 0 Å². The third kappa shape index (κ3) is 3.27. The minimum absolute atomic E-state index is 0.183. The van der Waals surface area contributed by atoms with Crippen LogP contribution in [0.1, 0.15) is 36.8 Å². The second-order valence-corrected chi connectivity index (χ2v) is 6.63. The van der Waals surface area contributed by atoms with E-state index in [0.29, 0.717) is 5.96 Å². The van der Waals surface area contributed by atoms with Gasteiger partial charge in [-0.05, 0) is 25.3 Å². The van der Waals surface area contributed by atoms with Crippen molar-refractivity contribution >= 4 is 5.96 Å². The molecule has 1 aromatic rings. The first kappa shape index (κ1) is 15.3. The number of nitrogens with zero attached hydrogens (tertiary/aromatic N) is 2. The first-order chi connectivity index (χ1) is 10.7. The molecule has 1 aliphatic carbocycles. The SMILES string of the molecule is Cc1cccc(C2(CN=C(N)N3CCOCC3)CCCC2)c1. The molecular weight excluding hydrogens is 274 g/mol. The van der Waals surface area contributed by atoms with Crippen LogP contribution in [0.25, 0.3) is 0 Å². The Balaban J connectivity index is 1.77. The number of ether oxygens (including phenoxy) is 1. The first-order valence-corrected chi connectivity index (χ1v) is 8.39. The predicted molar refractivity (Wildman–Crippen MR) is 90.2 cm³/mol. The number of benzene rings is 1. The molecule has 1 aromatic carbocycles. The van der Waals surface area contributed by atoms with Crippen molar-refractivity contribution in [3.05, 3.63) is 35.4 Å². The highest BCUT2D eigenvalue weighted by Gasteiger charge is 2.35. The predicted octanol–water partition coefficient (Wildman–Crippen LogP) is 2.45.